The first kappa shape index (κ1) is 11.5. The predicted octanol–water partition coefficient (Wildman–Crippen LogP) is 2.36. The van der Waals surface area contributed by atoms with Gasteiger partial charge in [-0.25, -0.2) is 14.6 Å². The highest BCUT2D eigenvalue weighted by Crippen LogP contribution is 2.56. The Kier molecular flexibility index (Phi) is 2.14. The van der Waals surface area contributed by atoms with Crippen LogP contribution in [-0.4, -0.2) is 32.3 Å². The third-order valence-electron chi connectivity index (χ3n) is 5.64. The molecular weight excluding hydrogens is 318 g/mol. The lowest BCUT2D eigenvalue weighted by atomic mass is 9.77. The molecular formula is C14H16BrN5. The summed E-state index contributed by atoms with van der Waals surface area (Å²) in [5.41, 5.74) is 0.911. The Morgan fingerprint density at radius 2 is 2.10 bits per heavy atom. The van der Waals surface area contributed by atoms with Crippen molar-refractivity contribution >= 4 is 32.8 Å². The maximum absolute atomic E-state index is 4.58. The van der Waals surface area contributed by atoms with E-state index in [-0.39, 0.29) is 0 Å². The monoisotopic (exact) mass is 333 g/mol. The van der Waals surface area contributed by atoms with Crippen molar-refractivity contribution < 1.29 is 0 Å². The largest absolute Gasteiger partial charge is 0.352 e. The van der Waals surface area contributed by atoms with Crippen molar-refractivity contribution in [3.05, 3.63) is 10.9 Å². The molecule has 3 aliphatic rings. The second-order valence-corrected chi connectivity index (χ2v) is 7.20. The van der Waals surface area contributed by atoms with Crippen LogP contribution in [0, 0.1) is 17.8 Å². The van der Waals surface area contributed by atoms with Gasteiger partial charge in [-0.1, -0.05) is 0 Å². The van der Waals surface area contributed by atoms with Gasteiger partial charge >= 0.3 is 0 Å². The van der Waals surface area contributed by atoms with Crippen molar-refractivity contribution in [2.75, 3.05) is 11.4 Å². The lowest BCUT2D eigenvalue weighted by molar-refractivity contribution is 0.198. The molecule has 0 radical (unpaired) electrons. The molecule has 0 amide bonds. The topological polar surface area (TPSA) is 46.8 Å². The zero-order valence-electron chi connectivity index (χ0n) is 11.3. The van der Waals surface area contributed by atoms with Crippen LogP contribution in [0.2, 0.25) is 0 Å². The Morgan fingerprint density at radius 3 is 2.95 bits per heavy atom. The Morgan fingerprint density at radius 1 is 1.25 bits per heavy atom. The fourth-order valence-electron chi connectivity index (χ4n) is 4.81. The highest BCUT2D eigenvalue weighted by molar-refractivity contribution is 9.10. The molecule has 0 N–H and O–H groups in total. The molecule has 2 bridgehead atoms. The number of halogens is 1. The molecule has 20 heavy (non-hydrogen) atoms. The third-order valence-corrected chi connectivity index (χ3v) is 6.19. The van der Waals surface area contributed by atoms with Gasteiger partial charge in [-0.3, -0.25) is 0 Å². The van der Waals surface area contributed by atoms with Gasteiger partial charge in [-0.15, -0.1) is 0 Å². The van der Waals surface area contributed by atoms with Crippen molar-refractivity contribution in [2.45, 2.75) is 25.3 Å². The van der Waals surface area contributed by atoms with Crippen LogP contribution in [0.25, 0.3) is 11.0 Å². The quantitative estimate of drug-likeness (QED) is 0.803. The van der Waals surface area contributed by atoms with E-state index in [1.165, 1.54) is 25.8 Å². The number of hydrogen-bond acceptors (Lipinski definition) is 4. The van der Waals surface area contributed by atoms with Gasteiger partial charge in [0.15, 0.2) is 5.65 Å². The van der Waals surface area contributed by atoms with Gasteiger partial charge in [0.2, 0.25) is 0 Å². The third kappa shape index (κ3) is 1.26. The molecule has 3 heterocycles. The first-order chi connectivity index (χ1) is 9.74. The fourth-order valence-corrected chi connectivity index (χ4v) is 5.40. The second kappa shape index (κ2) is 3.72. The predicted molar refractivity (Wildman–Crippen MR) is 79.5 cm³/mol. The zero-order valence-corrected chi connectivity index (χ0v) is 12.9. The lowest BCUT2D eigenvalue weighted by Gasteiger charge is -2.51. The molecule has 1 aliphatic heterocycles. The average Bonchev–Trinajstić information content (AvgIpc) is 3.02. The maximum atomic E-state index is 4.58. The Hall–Kier alpha value is -1.17. The normalized spacial score (nSPS) is 34.6. The number of nitrogens with zero attached hydrogens (tertiary/aromatic N) is 5. The molecule has 6 heteroatoms. The average molecular weight is 334 g/mol. The van der Waals surface area contributed by atoms with Crippen LogP contribution in [0.1, 0.15) is 19.3 Å². The summed E-state index contributed by atoms with van der Waals surface area (Å²) in [5.74, 6) is 3.85. The van der Waals surface area contributed by atoms with Crippen molar-refractivity contribution in [3.8, 4) is 0 Å². The summed E-state index contributed by atoms with van der Waals surface area (Å²) in [6, 6.07) is 0.721. The first-order valence-electron chi connectivity index (χ1n) is 7.34. The smallest absolute Gasteiger partial charge is 0.164 e. The van der Waals surface area contributed by atoms with Crippen molar-refractivity contribution in [3.63, 3.8) is 0 Å². The van der Waals surface area contributed by atoms with Gasteiger partial charge in [-0.05, 0) is 52.9 Å². The van der Waals surface area contributed by atoms with E-state index in [4.69, 9.17) is 0 Å². The SMILES string of the molecule is Cn1nc(Br)c2c(N3C[C@H]4[C@H]5CC[C@@H](C5)[C@@H]43)ncnc21. The summed E-state index contributed by atoms with van der Waals surface area (Å²) in [4.78, 5) is 11.5. The lowest BCUT2D eigenvalue weighted by Crippen LogP contribution is -2.59. The molecule has 0 aromatic carbocycles. The molecule has 104 valence electrons. The van der Waals surface area contributed by atoms with E-state index in [0.717, 1.165) is 45.3 Å². The maximum Gasteiger partial charge on any atom is 0.164 e. The van der Waals surface area contributed by atoms with Crippen LogP contribution >= 0.6 is 15.9 Å². The number of aryl methyl sites for hydroxylation is 1. The van der Waals surface area contributed by atoms with Crippen LogP contribution in [0.5, 0.6) is 0 Å². The molecule has 4 atom stereocenters. The number of anilines is 1. The molecule has 2 aliphatic carbocycles. The standard InChI is InChI=1S/C14H16BrN5/c1-19-13-10(12(15)18-19)14(17-6-16-13)20-5-9-7-2-3-8(4-7)11(9)20/h6-9,11H,2-5H2,1H3/t7-,8-,9-,11-/m0/s1. The Balaban J connectivity index is 1.62. The molecule has 3 fully saturated rings. The summed E-state index contributed by atoms with van der Waals surface area (Å²) in [6.45, 7) is 1.17. The van der Waals surface area contributed by atoms with Crippen molar-refractivity contribution in [2.24, 2.45) is 24.8 Å². The summed E-state index contributed by atoms with van der Waals surface area (Å²) >= 11 is 3.57. The Labute approximate surface area is 125 Å². The molecule has 0 spiro atoms. The first-order valence-corrected chi connectivity index (χ1v) is 8.13. The van der Waals surface area contributed by atoms with Gasteiger partial charge in [-0.2, -0.15) is 5.10 Å². The van der Waals surface area contributed by atoms with Crippen molar-refractivity contribution in [1.29, 1.82) is 0 Å². The minimum Gasteiger partial charge on any atom is -0.352 e. The number of rotatable bonds is 1. The van der Waals surface area contributed by atoms with E-state index in [2.05, 4.69) is 35.9 Å². The fraction of sp³-hybridized carbons (Fsp3) is 0.643. The molecule has 1 saturated heterocycles. The van der Waals surface area contributed by atoms with Crippen LogP contribution < -0.4 is 4.90 Å². The van der Waals surface area contributed by atoms with E-state index in [1.807, 2.05) is 11.7 Å². The van der Waals surface area contributed by atoms with Gasteiger partial charge < -0.3 is 4.90 Å². The molecule has 5 nitrogen and oxygen atoms in total. The minimum absolute atomic E-state index is 0.721. The molecule has 5 rings (SSSR count). The van der Waals surface area contributed by atoms with E-state index in [1.54, 1.807) is 6.33 Å². The van der Waals surface area contributed by atoms with E-state index < -0.39 is 0 Å². The minimum atomic E-state index is 0.721. The highest BCUT2D eigenvalue weighted by Gasteiger charge is 2.57. The van der Waals surface area contributed by atoms with Gasteiger partial charge in [0.25, 0.3) is 0 Å². The number of hydrogen-bond donors (Lipinski definition) is 0. The molecule has 2 saturated carbocycles. The summed E-state index contributed by atoms with van der Waals surface area (Å²) in [5, 5.41) is 5.50. The van der Waals surface area contributed by atoms with E-state index in [9.17, 15) is 0 Å². The van der Waals surface area contributed by atoms with Crippen LogP contribution in [0.3, 0.4) is 0 Å². The van der Waals surface area contributed by atoms with Crippen LogP contribution in [0.15, 0.2) is 10.9 Å². The molecule has 2 aromatic rings. The second-order valence-electron chi connectivity index (χ2n) is 6.45. The summed E-state index contributed by atoms with van der Waals surface area (Å²) in [6.07, 6.45) is 5.97. The van der Waals surface area contributed by atoms with Crippen molar-refractivity contribution in [1.82, 2.24) is 19.7 Å². The number of fused-ring (bicyclic) bond motifs is 6. The van der Waals surface area contributed by atoms with Crippen LogP contribution in [-0.2, 0) is 7.05 Å². The zero-order chi connectivity index (χ0) is 13.4. The van der Waals surface area contributed by atoms with Gasteiger partial charge in [0, 0.05) is 19.6 Å². The van der Waals surface area contributed by atoms with Gasteiger partial charge in [0.05, 0.1) is 5.39 Å². The Bertz CT molecular complexity index is 709. The summed E-state index contributed by atoms with van der Waals surface area (Å²) < 4.78 is 2.68. The van der Waals surface area contributed by atoms with Gasteiger partial charge in [0.1, 0.15) is 16.7 Å². The summed E-state index contributed by atoms with van der Waals surface area (Å²) in [7, 11) is 1.93. The van der Waals surface area contributed by atoms with E-state index in [0.29, 0.717) is 0 Å². The highest BCUT2D eigenvalue weighted by atomic mass is 79.9. The number of aromatic nitrogens is 4. The molecule has 0 unspecified atom stereocenters. The molecule has 2 aromatic heterocycles. The van der Waals surface area contributed by atoms with Crippen LogP contribution in [0.4, 0.5) is 5.82 Å². The van der Waals surface area contributed by atoms with E-state index >= 15 is 0 Å².